The third kappa shape index (κ3) is 7.96. The first-order valence-corrected chi connectivity index (χ1v) is 18.6. The molecule has 4 heteroatoms. The van der Waals surface area contributed by atoms with Gasteiger partial charge in [0.25, 0.3) is 0 Å². The van der Waals surface area contributed by atoms with Crippen LogP contribution in [0.25, 0.3) is 33.4 Å². The third-order valence-corrected chi connectivity index (χ3v) is 9.78. The number of hydrogen-bond donors (Lipinski definition) is 0. The van der Waals surface area contributed by atoms with Crippen molar-refractivity contribution in [3.8, 4) is 56.4 Å². The standard InChI is InChI=1S/C52H38O4/c1-35-13-17-39(18-14-35)51(53)41-21-27-45(28-22-41)55-49-31-25-43(33-47(49)37-9-5-3-6-10-37)44-26-32-50(48(34-44)38-11-7-4-8-12-38)56-46-29-23-42(24-30-46)52(54)40-19-15-36(2)16-20-40/h3-34H,1-2H3. The van der Waals surface area contributed by atoms with Gasteiger partial charge in [-0.2, -0.15) is 0 Å². The molecule has 0 heterocycles. The molecule has 270 valence electrons. The largest absolute Gasteiger partial charge is 0.457 e. The zero-order valence-electron chi connectivity index (χ0n) is 31.1. The van der Waals surface area contributed by atoms with Crippen molar-refractivity contribution in [2.45, 2.75) is 13.8 Å². The van der Waals surface area contributed by atoms with Crippen LogP contribution >= 0.6 is 0 Å². The van der Waals surface area contributed by atoms with Crippen molar-refractivity contribution in [2.24, 2.45) is 0 Å². The van der Waals surface area contributed by atoms with Gasteiger partial charge in [0.15, 0.2) is 11.6 Å². The number of hydrogen-bond acceptors (Lipinski definition) is 4. The molecule has 0 unspecified atom stereocenters. The highest BCUT2D eigenvalue weighted by Crippen LogP contribution is 2.41. The van der Waals surface area contributed by atoms with E-state index in [9.17, 15) is 9.59 Å². The van der Waals surface area contributed by atoms with Gasteiger partial charge in [-0.1, -0.05) is 132 Å². The summed E-state index contributed by atoms with van der Waals surface area (Å²) in [4.78, 5) is 26.2. The molecule has 0 amide bonds. The van der Waals surface area contributed by atoms with Gasteiger partial charge in [0.1, 0.15) is 23.0 Å². The summed E-state index contributed by atoms with van der Waals surface area (Å²) in [6.45, 7) is 4.01. The molecule has 0 bridgehead atoms. The van der Waals surface area contributed by atoms with Crippen LogP contribution in [0.15, 0.2) is 194 Å². The minimum Gasteiger partial charge on any atom is -0.457 e. The molecule has 0 N–H and O–H groups in total. The zero-order valence-corrected chi connectivity index (χ0v) is 31.1. The summed E-state index contributed by atoms with van der Waals surface area (Å²) < 4.78 is 13.0. The van der Waals surface area contributed by atoms with Gasteiger partial charge in [-0.3, -0.25) is 9.59 Å². The molecule has 0 fully saturated rings. The molecular formula is C52H38O4. The molecule has 8 rings (SSSR count). The lowest BCUT2D eigenvalue weighted by Gasteiger charge is -2.16. The van der Waals surface area contributed by atoms with Crippen molar-refractivity contribution in [1.82, 2.24) is 0 Å². The van der Waals surface area contributed by atoms with E-state index in [1.54, 1.807) is 0 Å². The Morgan fingerprint density at radius 1 is 0.339 bits per heavy atom. The molecule has 0 aromatic heterocycles. The number of carbonyl (C=O) groups is 2. The molecule has 0 aliphatic carbocycles. The molecule has 56 heavy (non-hydrogen) atoms. The molecular weight excluding hydrogens is 689 g/mol. The fraction of sp³-hybridized carbons (Fsp3) is 0.0385. The van der Waals surface area contributed by atoms with Crippen molar-refractivity contribution in [1.29, 1.82) is 0 Å². The maximum Gasteiger partial charge on any atom is 0.193 e. The quantitative estimate of drug-likeness (QED) is 0.125. The predicted octanol–water partition coefficient (Wildman–Crippen LogP) is 13.4. The Morgan fingerprint density at radius 2 is 0.661 bits per heavy atom. The van der Waals surface area contributed by atoms with E-state index in [0.717, 1.165) is 44.5 Å². The molecule has 0 aliphatic rings. The predicted molar refractivity (Wildman–Crippen MR) is 225 cm³/mol. The Hall–Kier alpha value is -7.30. The highest BCUT2D eigenvalue weighted by atomic mass is 16.5. The van der Waals surface area contributed by atoms with Crippen LogP contribution in [0.4, 0.5) is 0 Å². The smallest absolute Gasteiger partial charge is 0.193 e. The van der Waals surface area contributed by atoms with E-state index in [1.807, 2.05) is 159 Å². The molecule has 0 aliphatic heterocycles. The van der Waals surface area contributed by atoms with Crippen molar-refractivity contribution in [3.05, 3.63) is 228 Å². The average molecular weight is 727 g/mol. The van der Waals surface area contributed by atoms with Crippen LogP contribution in [-0.2, 0) is 0 Å². The first kappa shape index (κ1) is 35.7. The second-order valence-corrected chi connectivity index (χ2v) is 13.8. The van der Waals surface area contributed by atoms with Crippen LogP contribution in [-0.4, -0.2) is 11.6 Å². The summed E-state index contributed by atoms with van der Waals surface area (Å²) in [6.07, 6.45) is 0. The summed E-state index contributed by atoms with van der Waals surface area (Å²) in [5.74, 6) is 2.61. The minimum absolute atomic E-state index is 0.0274. The summed E-state index contributed by atoms with van der Waals surface area (Å²) >= 11 is 0. The maximum absolute atomic E-state index is 13.1. The number of aryl methyl sites for hydroxylation is 2. The first-order chi connectivity index (χ1) is 27.4. The van der Waals surface area contributed by atoms with E-state index < -0.39 is 0 Å². The Bertz CT molecular complexity index is 2440. The zero-order chi connectivity index (χ0) is 38.4. The van der Waals surface area contributed by atoms with Gasteiger partial charge in [0.05, 0.1) is 0 Å². The number of rotatable bonds is 11. The Morgan fingerprint density at radius 3 is 1.00 bits per heavy atom. The SMILES string of the molecule is Cc1ccc(C(=O)c2ccc(Oc3ccc(-c4ccc(Oc5ccc(C(=O)c6ccc(C)cc6)cc5)c(-c5ccccc5)c4)cc3-c3ccccc3)cc2)cc1. The van der Waals surface area contributed by atoms with Crippen LogP contribution in [0, 0.1) is 13.8 Å². The molecule has 4 nitrogen and oxygen atoms in total. The van der Waals surface area contributed by atoms with E-state index in [2.05, 4.69) is 48.5 Å². The van der Waals surface area contributed by atoms with Crippen LogP contribution in [0.3, 0.4) is 0 Å². The second-order valence-electron chi connectivity index (χ2n) is 13.8. The highest BCUT2D eigenvalue weighted by Gasteiger charge is 2.16. The van der Waals surface area contributed by atoms with Gasteiger partial charge in [0, 0.05) is 33.4 Å². The lowest BCUT2D eigenvalue weighted by atomic mass is 9.95. The van der Waals surface area contributed by atoms with Crippen LogP contribution in [0.2, 0.25) is 0 Å². The van der Waals surface area contributed by atoms with E-state index in [4.69, 9.17) is 9.47 Å². The summed E-state index contributed by atoms with van der Waals surface area (Å²) in [5.41, 5.74) is 10.7. The minimum atomic E-state index is -0.0274. The van der Waals surface area contributed by atoms with Crippen LogP contribution in [0.5, 0.6) is 23.0 Å². The summed E-state index contributed by atoms with van der Waals surface area (Å²) in [7, 11) is 0. The fourth-order valence-electron chi connectivity index (χ4n) is 6.63. The molecule has 0 spiro atoms. The van der Waals surface area contributed by atoms with Crippen LogP contribution < -0.4 is 9.47 Å². The normalized spacial score (nSPS) is 10.8. The van der Waals surface area contributed by atoms with E-state index in [0.29, 0.717) is 45.3 Å². The van der Waals surface area contributed by atoms with Crippen molar-refractivity contribution < 1.29 is 19.1 Å². The fourth-order valence-corrected chi connectivity index (χ4v) is 6.63. The summed E-state index contributed by atoms with van der Waals surface area (Å²) in [5, 5.41) is 0. The Kier molecular flexibility index (Phi) is 10.2. The van der Waals surface area contributed by atoms with Gasteiger partial charge < -0.3 is 9.47 Å². The molecule has 0 radical (unpaired) electrons. The van der Waals surface area contributed by atoms with Gasteiger partial charge in [-0.05, 0) is 109 Å². The highest BCUT2D eigenvalue weighted by molar-refractivity contribution is 6.09. The Labute approximate surface area is 327 Å². The van der Waals surface area contributed by atoms with Gasteiger partial charge in [0.2, 0.25) is 0 Å². The summed E-state index contributed by atoms with van der Waals surface area (Å²) in [6, 6.07) is 62.5. The lowest BCUT2D eigenvalue weighted by Crippen LogP contribution is -2.01. The van der Waals surface area contributed by atoms with Crippen molar-refractivity contribution in [2.75, 3.05) is 0 Å². The average Bonchev–Trinajstić information content (AvgIpc) is 3.25. The van der Waals surface area contributed by atoms with Crippen molar-refractivity contribution in [3.63, 3.8) is 0 Å². The maximum atomic E-state index is 13.1. The first-order valence-electron chi connectivity index (χ1n) is 18.6. The molecule has 0 atom stereocenters. The molecule has 8 aromatic carbocycles. The number of ketones is 2. The van der Waals surface area contributed by atoms with E-state index >= 15 is 0 Å². The number of ether oxygens (including phenoxy) is 2. The second kappa shape index (κ2) is 16.0. The van der Waals surface area contributed by atoms with Gasteiger partial charge in [-0.25, -0.2) is 0 Å². The third-order valence-electron chi connectivity index (χ3n) is 9.78. The van der Waals surface area contributed by atoms with Crippen molar-refractivity contribution >= 4 is 11.6 Å². The molecule has 0 saturated heterocycles. The monoisotopic (exact) mass is 726 g/mol. The Balaban J connectivity index is 1.08. The molecule has 8 aromatic rings. The van der Waals surface area contributed by atoms with E-state index in [-0.39, 0.29) is 11.6 Å². The number of benzene rings is 8. The molecule has 0 saturated carbocycles. The topological polar surface area (TPSA) is 52.6 Å². The van der Waals surface area contributed by atoms with E-state index in [1.165, 1.54) is 0 Å². The van der Waals surface area contributed by atoms with Crippen LogP contribution in [0.1, 0.15) is 43.0 Å². The lowest BCUT2D eigenvalue weighted by molar-refractivity contribution is 0.103. The number of carbonyl (C=O) groups excluding carboxylic acids is 2. The van der Waals surface area contributed by atoms with Gasteiger partial charge >= 0.3 is 0 Å². The van der Waals surface area contributed by atoms with Gasteiger partial charge in [-0.15, -0.1) is 0 Å².